The summed E-state index contributed by atoms with van der Waals surface area (Å²) in [4.78, 5) is 11.1. The normalized spacial score (nSPS) is 25.6. The Morgan fingerprint density at radius 2 is 1.96 bits per heavy atom. The third-order valence-corrected chi connectivity index (χ3v) is 5.54. The predicted molar refractivity (Wildman–Crippen MR) is 93.1 cm³/mol. The fraction of sp³-hybridized carbons (Fsp3) is 0.444. The van der Waals surface area contributed by atoms with Crippen LogP contribution in [0.1, 0.15) is 24.8 Å². The molecular formula is C18H20N6O. The zero-order valence-corrected chi connectivity index (χ0v) is 13.9. The Bertz CT molecular complexity index is 895. The second-order valence-corrected chi connectivity index (χ2v) is 6.98. The van der Waals surface area contributed by atoms with Gasteiger partial charge in [-0.2, -0.15) is 0 Å². The summed E-state index contributed by atoms with van der Waals surface area (Å²) < 4.78 is 1.81. The van der Waals surface area contributed by atoms with Gasteiger partial charge < -0.3 is 10.0 Å². The molecule has 7 nitrogen and oxygen atoms in total. The summed E-state index contributed by atoms with van der Waals surface area (Å²) in [7, 11) is 0. The van der Waals surface area contributed by atoms with Gasteiger partial charge >= 0.3 is 0 Å². The van der Waals surface area contributed by atoms with Gasteiger partial charge in [-0.1, -0.05) is 35.5 Å². The number of anilines is 1. The second-order valence-electron chi connectivity index (χ2n) is 6.98. The molecule has 2 fully saturated rings. The van der Waals surface area contributed by atoms with Gasteiger partial charge in [0.1, 0.15) is 6.33 Å². The average Bonchev–Trinajstić information content (AvgIpc) is 3.33. The van der Waals surface area contributed by atoms with Crippen LogP contribution in [0.15, 0.2) is 36.7 Å². The van der Waals surface area contributed by atoms with Crippen LogP contribution in [0.25, 0.3) is 11.2 Å². The molecule has 1 aromatic carbocycles. The molecule has 0 amide bonds. The highest BCUT2D eigenvalue weighted by molar-refractivity contribution is 5.83. The summed E-state index contributed by atoms with van der Waals surface area (Å²) >= 11 is 0. The number of aliphatic hydroxyl groups excluding tert-OH is 1. The molecule has 1 N–H and O–H groups in total. The van der Waals surface area contributed by atoms with Gasteiger partial charge in [0.25, 0.3) is 0 Å². The van der Waals surface area contributed by atoms with Crippen molar-refractivity contribution in [2.24, 2.45) is 5.92 Å². The molecule has 1 aliphatic heterocycles. The Kier molecular flexibility index (Phi) is 3.41. The van der Waals surface area contributed by atoms with Crippen molar-refractivity contribution in [3.63, 3.8) is 0 Å². The Morgan fingerprint density at radius 1 is 1.08 bits per heavy atom. The Hall–Kier alpha value is -2.54. The zero-order valence-electron chi connectivity index (χ0n) is 13.9. The smallest absolute Gasteiger partial charge is 0.184 e. The van der Waals surface area contributed by atoms with Gasteiger partial charge in [0.05, 0.1) is 18.7 Å². The minimum atomic E-state index is -0.281. The van der Waals surface area contributed by atoms with Crippen LogP contribution >= 0.6 is 0 Å². The van der Waals surface area contributed by atoms with Gasteiger partial charge in [0, 0.05) is 6.54 Å². The van der Waals surface area contributed by atoms with E-state index in [1.54, 1.807) is 6.33 Å². The molecule has 3 heterocycles. The molecule has 1 saturated carbocycles. The molecule has 0 bridgehead atoms. The lowest BCUT2D eigenvalue weighted by molar-refractivity contribution is 0.160. The number of nitrogens with zero attached hydrogens (tertiary/aromatic N) is 6. The molecule has 3 aromatic rings. The van der Waals surface area contributed by atoms with Crippen molar-refractivity contribution in [3.05, 3.63) is 42.2 Å². The first-order valence-electron chi connectivity index (χ1n) is 8.84. The number of aromatic nitrogens is 5. The number of benzene rings is 1. The summed E-state index contributed by atoms with van der Waals surface area (Å²) in [5, 5.41) is 19.0. The van der Waals surface area contributed by atoms with Gasteiger partial charge in [-0.05, 0) is 30.7 Å². The average molecular weight is 336 g/mol. The van der Waals surface area contributed by atoms with E-state index in [-0.39, 0.29) is 12.1 Å². The third kappa shape index (κ3) is 2.38. The van der Waals surface area contributed by atoms with Crippen molar-refractivity contribution in [3.8, 4) is 0 Å². The van der Waals surface area contributed by atoms with Crippen LogP contribution in [0, 0.1) is 5.92 Å². The van der Waals surface area contributed by atoms with Crippen LogP contribution in [0.3, 0.4) is 0 Å². The van der Waals surface area contributed by atoms with Crippen LogP contribution in [0.5, 0.6) is 0 Å². The Balaban J connectivity index is 1.53. The van der Waals surface area contributed by atoms with E-state index in [0.717, 1.165) is 48.4 Å². The van der Waals surface area contributed by atoms with E-state index in [0.29, 0.717) is 12.5 Å². The van der Waals surface area contributed by atoms with E-state index in [4.69, 9.17) is 0 Å². The van der Waals surface area contributed by atoms with Gasteiger partial charge in [0.15, 0.2) is 17.0 Å². The second kappa shape index (κ2) is 5.77. The molecular weight excluding hydrogens is 316 g/mol. The monoisotopic (exact) mass is 336 g/mol. The van der Waals surface area contributed by atoms with Crippen molar-refractivity contribution in [2.75, 3.05) is 11.4 Å². The molecule has 2 aromatic heterocycles. The first kappa shape index (κ1) is 14.8. The molecule has 0 radical (unpaired) electrons. The van der Waals surface area contributed by atoms with E-state index in [2.05, 4.69) is 37.3 Å². The standard InChI is InChI=1S/C18H20N6O/c25-14-7-6-13-8-9-23(16(13)14)17-15-18(20-11-19-17)24(22-21-15)10-12-4-2-1-3-5-12/h1-5,11,13-14,16,25H,6-10H2/t13-,14+,16+/m0/s1. The Labute approximate surface area is 145 Å². The van der Waals surface area contributed by atoms with Crippen molar-refractivity contribution in [1.82, 2.24) is 25.0 Å². The summed E-state index contributed by atoms with van der Waals surface area (Å²) in [5.74, 6) is 1.36. The number of hydrogen-bond acceptors (Lipinski definition) is 6. The molecule has 2 aliphatic rings. The van der Waals surface area contributed by atoms with Crippen molar-refractivity contribution < 1.29 is 5.11 Å². The van der Waals surface area contributed by atoms with Crippen molar-refractivity contribution in [2.45, 2.75) is 38.0 Å². The van der Waals surface area contributed by atoms with Crippen LogP contribution in [-0.2, 0) is 6.54 Å². The van der Waals surface area contributed by atoms with E-state index in [9.17, 15) is 5.11 Å². The summed E-state index contributed by atoms with van der Waals surface area (Å²) in [6, 6.07) is 10.3. The van der Waals surface area contributed by atoms with Gasteiger partial charge in [-0.3, -0.25) is 0 Å². The lowest BCUT2D eigenvalue weighted by atomic mass is 10.0. The number of rotatable bonds is 3. The first-order valence-corrected chi connectivity index (χ1v) is 8.84. The van der Waals surface area contributed by atoms with Crippen LogP contribution < -0.4 is 4.90 Å². The number of aliphatic hydroxyl groups is 1. The third-order valence-electron chi connectivity index (χ3n) is 5.54. The molecule has 5 rings (SSSR count). The molecule has 0 spiro atoms. The predicted octanol–water partition coefficient (Wildman–Crippen LogP) is 1.62. The van der Waals surface area contributed by atoms with E-state index < -0.39 is 0 Å². The van der Waals surface area contributed by atoms with Gasteiger partial charge in [0.2, 0.25) is 0 Å². The van der Waals surface area contributed by atoms with Crippen molar-refractivity contribution >= 4 is 17.0 Å². The molecule has 1 saturated heterocycles. The lowest BCUT2D eigenvalue weighted by Gasteiger charge is -2.27. The SMILES string of the molecule is O[C@@H]1CC[C@H]2CCN(c3ncnc4c3nnn4Cc3ccccc3)[C@H]21. The minimum absolute atomic E-state index is 0.150. The topological polar surface area (TPSA) is 80.0 Å². The zero-order chi connectivity index (χ0) is 16.8. The van der Waals surface area contributed by atoms with E-state index in [1.165, 1.54) is 0 Å². The molecule has 0 unspecified atom stereocenters. The van der Waals surface area contributed by atoms with Crippen LogP contribution in [0.2, 0.25) is 0 Å². The highest BCUT2D eigenvalue weighted by Gasteiger charge is 2.44. The highest BCUT2D eigenvalue weighted by Crippen LogP contribution is 2.41. The molecule has 128 valence electrons. The maximum Gasteiger partial charge on any atom is 0.184 e. The first-order chi connectivity index (χ1) is 12.3. The maximum atomic E-state index is 10.4. The quantitative estimate of drug-likeness (QED) is 0.783. The number of fused-ring (bicyclic) bond motifs is 2. The van der Waals surface area contributed by atoms with Gasteiger partial charge in [-0.25, -0.2) is 14.6 Å². The molecule has 1 aliphatic carbocycles. The van der Waals surface area contributed by atoms with Crippen LogP contribution in [-0.4, -0.2) is 48.8 Å². The summed E-state index contributed by atoms with van der Waals surface area (Å²) in [6.07, 6.45) is 4.37. The van der Waals surface area contributed by atoms with Crippen molar-refractivity contribution in [1.29, 1.82) is 0 Å². The van der Waals surface area contributed by atoms with E-state index >= 15 is 0 Å². The van der Waals surface area contributed by atoms with Gasteiger partial charge in [-0.15, -0.1) is 5.10 Å². The summed E-state index contributed by atoms with van der Waals surface area (Å²) in [5.41, 5.74) is 2.62. The number of hydrogen-bond donors (Lipinski definition) is 1. The highest BCUT2D eigenvalue weighted by atomic mass is 16.3. The largest absolute Gasteiger partial charge is 0.391 e. The lowest BCUT2D eigenvalue weighted by Crippen LogP contribution is -2.39. The molecule has 7 heteroatoms. The Morgan fingerprint density at radius 3 is 2.84 bits per heavy atom. The molecule has 3 atom stereocenters. The van der Waals surface area contributed by atoms with E-state index in [1.807, 2.05) is 22.9 Å². The van der Waals surface area contributed by atoms with Crippen LogP contribution in [0.4, 0.5) is 5.82 Å². The summed E-state index contributed by atoms with van der Waals surface area (Å²) in [6.45, 7) is 1.53. The molecule has 25 heavy (non-hydrogen) atoms. The maximum absolute atomic E-state index is 10.4. The fourth-order valence-electron chi connectivity index (χ4n) is 4.37. The minimum Gasteiger partial charge on any atom is -0.391 e. The fourth-order valence-corrected chi connectivity index (χ4v) is 4.37.